The van der Waals surface area contributed by atoms with Crippen molar-refractivity contribution >= 4 is 17.8 Å². The van der Waals surface area contributed by atoms with Gasteiger partial charge in [-0.05, 0) is 65.0 Å². The summed E-state index contributed by atoms with van der Waals surface area (Å²) in [6, 6.07) is 15.4. The van der Waals surface area contributed by atoms with E-state index in [1.807, 2.05) is 53.1 Å². The van der Waals surface area contributed by atoms with Crippen LogP contribution in [0.2, 0.25) is 0 Å². The highest BCUT2D eigenvalue weighted by Gasteiger charge is 2.16. The Bertz CT molecular complexity index is 873. The summed E-state index contributed by atoms with van der Waals surface area (Å²) in [5.41, 5.74) is 3.31. The molecule has 2 aromatic carbocycles. The highest BCUT2D eigenvalue weighted by Crippen LogP contribution is 2.18. The van der Waals surface area contributed by atoms with Crippen molar-refractivity contribution in [2.75, 3.05) is 26.0 Å². The van der Waals surface area contributed by atoms with Crippen LogP contribution in [0.3, 0.4) is 0 Å². The normalized spacial score (nSPS) is 12.2. The minimum absolute atomic E-state index is 0.0655. The van der Waals surface area contributed by atoms with Crippen molar-refractivity contribution in [2.24, 2.45) is 0 Å². The van der Waals surface area contributed by atoms with Gasteiger partial charge in [0.25, 0.3) is 0 Å². The summed E-state index contributed by atoms with van der Waals surface area (Å²) >= 11 is 0. The minimum atomic E-state index is -0.547. The third-order valence-corrected chi connectivity index (χ3v) is 4.56. The van der Waals surface area contributed by atoms with Crippen LogP contribution in [0.25, 0.3) is 0 Å². The summed E-state index contributed by atoms with van der Waals surface area (Å²) in [5.74, 6) is 0. The average Bonchev–Trinajstić information content (AvgIpc) is 2.66. The van der Waals surface area contributed by atoms with E-state index in [0.717, 1.165) is 11.1 Å². The fourth-order valence-electron chi connectivity index (χ4n) is 3.00. The van der Waals surface area contributed by atoms with Gasteiger partial charge in [-0.1, -0.05) is 42.0 Å². The molecule has 7 nitrogen and oxygen atoms in total. The first-order valence-electron chi connectivity index (χ1n) is 10.4. The van der Waals surface area contributed by atoms with Gasteiger partial charge >= 0.3 is 12.1 Å². The number of alkyl carbamates (subject to hydrolysis) is 1. The highest BCUT2D eigenvalue weighted by atomic mass is 16.6. The second kappa shape index (κ2) is 10.8. The number of amides is 3. The number of nitrogens with one attached hydrogen (secondary N) is 3. The van der Waals surface area contributed by atoms with E-state index < -0.39 is 11.7 Å². The first-order chi connectivity index (χ1) is 14.5. The minimum Gasteiger partial charge on any atom is -0.444 e. The SMILES string of the molecule is Cc1ccc(C(CNC(=O)Nc2cccc(CNC(=O)OC(C)(C)C)c2)N(C)C)cc1. The van der Waals surface area contributed by atoms with Crippen molar-refractivity contribution in [1.29, 1.82) is 0 Å². The molecule has 2 aromatic rings. The van der Waals surface area contributed by atoms with Gasteiger partial charge in [-0.2, -0.15) is 0 Å². The predicted molar refractivity (Wildman–Crippen MR) is 124 cm³/mol. The molecule has 0 aliphatic rings. The fourth-order valence-corrected chi connectivity index (χ4v) is 3.00. The maximum atomic E-state index is 12.4. The van der Waals surface area contributed by atoms with Gasteiger partial charge in [-0.25, -0.2) is 9.59 Å². The number of carbonyl (C=O) groups excluding carboxylic acids is 2. The zero-order valence-corrected chi connectivity index (χ0v) is 19.3. The maximum absolute atomic E-state index is 12.4. The number of nitrogens with zero attached hydrogens (tertiary/aromatic N) is 1. The van der Waals surface area contributed by atoms with Gasteiger partial charge < -0.3 is 25.6 Å². The van der Waals surface area contributed by atoms with E-state index in [2.05, 4.69) is 52.0 Å². The van der Waals surface area contributed by atoms with Crippen molar-refractivity contribution < 1.29 is 14.3 Å². The van der Waals surface area contributed by atoms with Crippen LogP contribution in [0, 0.1) is 6.92 Å². The fraction of sp³-hybridized carbons (Fsp3) is 0.417. The lowest BCUT2D eigenvalue weighted by atomic mass is 10.0. The van der Waals surface area contributed by atoms with E-state index in [4.69, 9.17) is 4.74 Å². The Morgan fingerprint density at radius 3 is 2.32 bits per heavy atom. The zero-order valence-electron chi connectivity index (χ0n) is 19.3. The Hall–Kier alpha value is -3.06. The van der Waals surface area contributed by atoms with Crippen molar-refractivity contribution in [3.63, 3.8) is 0 Å². The average molecular weight is 427 g/mol. The number of rotatable bonds is 7. The van der Waals surface area contributed by atoms with Crippen LogP contribution in [0.4, 0.5) is 15.3 Å². The first kappa shape index (κ1) is 24.2. The summed E-state index contributed by atoms with van der Waals surface area (Å²) in [6.45, 7) is 8.28. The number of ether oxygens (including phenoxy) is 1. The Labute approximate surface area is 185 Å². The van der Waals surface area contributed by atoms with Crippen molar-refractivity contribution in [1.82, 2.24) is 15.5 Å². The summed E-state index contributed by atoms with van der Waals surface area (Å²) in [7, 11) is 3.98. The van der Waals surface area contributed by atoms with Gasteiger partial charge in [0.05, 0.1) is 6.04 Å². The smallest absolute Gasteiger partial charge is 0.407 e. The molecule has 2 rings (SSSR count). The second-order valence-electron chi connectivity index (χ2n) is 8.78. The predicted octanol–water partition coefficient (Wildman–Crippen LogP) is 4.44. The van der Waals surface area contributed by atoms with Gasteiger partial charge in [-0.3, -0.25) is 0 Å². The third-order valence-electron chi connectivity index (χ3n) is 4.56. The van der Waals surface area contributed by atoms with Crippen LogP contribution in [0.5, 0.6) is 0 Å². The topological polar surface area (TPSA) is 82.7 Å². The van der Waals surface area contributed by atoms with Crippen LogP contribution < -0.4 is 16.0 Å². The third kappa shape index (κ3) is 8.68. The quantitative estimate of drug-likeness (QED) is 0.611. The summed E-state index contributed by atoms with van der Waals surface area (Å²) < 4.78 is 5.24. The number of benzene rings is 2. The summed E-state index contributed by atoms with van der Waals surface area (Å²) in [6.07, 6.45) is -0.477. The molecule has 0 saturated heterocycles. The molecule has 168 valence electrons. The monoisotopic (exact) mass is 426 g/mol. The van der Waals surface area contributed by atoms with Crippen molar-refractivity contribution in [2.45, 2.75) is 45.9 Å². The number of anilines is 1. The van der Waals surface area contributed by atoms with E-state index in [1.165, 1.54) is 5.56 Å². The Kier molecular flexibility index (Phi) is 8.45. The molecule has 7 heteroatoms. The molecule has 3 amide bonds. The van der Waals surface area contributed by atoms with Crippen LogP contribution in [0.15, 0.2) is 48.5 Å². The highest BCUT2D eigenvalue weighted by molar-refractivity contribution is 5.89. The van der Waals surface area contributed by atoms with Gasteiger partial charge in [-0.15, -0.1) is 0 Å². The molecule has 0 fully saturated rings. The van der Waals surface area contributed by atoms with E-state index in [0.29, 0.717) is 18.8 Å². The van der Waals surface area contributed by atoms with E-state index in [1.54, 1.807) is 6.07 Å². The van der Waals surface area contributed by atoms with Crippen molar-refractivity contribution in [3.8, 4) is 0 Å². The van der Waals surface area contributed by atoms with Gasteiger partial charge in [0.15, 0.2) is 0 Å². The molecule has 0 spiro atoms. The molecule has 1 atom stereocenters. The van der Waals surface area contributed by atoms with Gasteiger partial charge in [0, 0.05) is 18.8 Å². The van der Waals surface area contributed by atoms with Gasteiger partial charge in [0.1, 0.15) is 5.60 Å². The molecule has 0 saturated carbocycles. The van der Waals surface area contributed by atoms with Gasteiger partial charge in [0.2, 0.25) is 0 Å². The molecule has 0 aliphatic carbocycles. The lowest BCUT2D eigenvalue weighted by Crippen LogP contribution is -2.37. The molecule has 0 aliphatic heterocycles. The Morgan fingerprint density at radius 2 is 1.71 bits per heavy atom. The maximum Gasteiger partial charge on any atom is 0.407 e. The molecule has 1 unspecified atom stereocenters. The number of hydrogen-bond acceptors (Lipinski definition) is 4. The number of likely N-dealkylation sites (N-methyl/N-ethyl adjacent to an activating group) is 1. The van der Waals surface area contributed by atoms with Crippen LogP contribution in [-0.4, -0.2) is 43.3 Å². The van der Waals surface area contributed by atoms with Crippen LogP contribution >= 0.6 is 0 Å². The van der Waals surface area contributed by atoms with Crippen LogP contribution in [0.1, 0.15) is 43.5 Å². The summed E-state index contributed by atoms with van der Waals surface area (Å²) in [4.78, 5) is 26.3. The molecule has 0 bridgehead atoms. The Balaban J connectivity index is 1.89. The van der Waals surface area contributed by atoms with Crippen LogP contribution in [-0.2, 0) is 11.3 Å². The van der Waals surface area contributed by atoms with E-state index in [9.17, 15) is 9.59 Å². The number of carbonyl (C=O) groups is 2. The lowest BCUT2D eigenvalue weighted by molar-refractivity contribution is 0.0523. The molecule has 0 aromatic heterocycles. The largest absolute Gasteiger partial charge is 0.444 e. The molecular formula is C24H34N4O3. The zero-order chi connectivity index (χ0) is 23.0. The number of urea groups is 1. The molecular weight excluding hydrogens is 392 g/mol. The first-order valence-corrected chi connectivity index (χ1v) is 10.4. The van der Waals surface area contributed by atoms with E-state index >= 15 is 0 Å². The second-order valence-corrected chi connectivity index (χ2v) is 8.78. The number of hydrogen-bond donors (Lipinski definition) is 3. The lowest BCUT2D eigenvalue weighted by Gasteiger charge is -2.25. The Morgan fingerprint density at radius 1 is 1.03 bits per heavy atom. The summed E-state index contributed by atoms with van der Waals surface area (Å²) in [5, 5.41) is 8.51. The van der Waals surface area contributed by atoms with E-state index in [-0.39, 0.29) is 12.1 Å². The molecule has 31 heavy (non-hydrogen) atoms. The van der Waals surface area contributed by atoms with Crippen molar-refractivity contribution in [3.05, 3.63) is 65.2 Å². The molecule has 0 radical (unpaired) electrons. The standard InChI is InChI=1S/C24H34N4O3/c1-17-10-12-19(13-11-17)21(28(5)6)16-25-22(29)27-20-9-7-8-18(14-20)15-26-23(30)31-24(2,3)4/h7-14,21H,15-16H2,1-6H3,(H,26,30)(H2,25,27,29). The number of aryl methyl sites for hydroxylation is 1. The molecule has 0 heterocycles. The molecule has 3 N–H and O–H groups in total.